The highest BCUT2D eigenvalue weighted by Gasteiger charge is 2.27. The Kier molecular flexibility index (Phi) is 5.44. The molecule has 1 aliphatic rings. The summed E-state index contributed by atoms with van der Waals surface area (Å²) in [6.07, 6.45) is 4.42. The smallest absolute Gasteiger partial charge is 0.257 e. The predicted molar refractivity (Wildman–Crippen MR) is 110 cm³/mol. The maximum Gasteiger partial charge on any atom is 0.257 e. The first-order valence-corrected chi connectivity index (χ1v) is 9.97. The zero-order valence-corrected chi connectivity index (χ0v) is 16.6. The largest absolute Gasteiger partial charge is 0.338 e. The van der Waals surface area contributed by atoms with Gasteiger partial charge in [-0.1, -0.05) is 29.8 Å². The van der Waals surface area contributed by atoms with E-state index in [0.29, 0.717) is 12.1 Å². The quantitative estimate of drug-likeness (QED) is 0.714. The number of hydrogen-bond donors (Lipinski definition) is 1. The van der Waals surface area contributed by atoms with Gasteiger partial charge in [-0.05, 0) is 49.6 Å². The van der Waals surface area contributed by atoms with Crippen LogP contribution in [0.25, 0.3) is 0 Å². The molecule has 1 aliphatic heterocycles. The fourth-order valence-electron chi connectivity index (χ4n) is 3.78. The van der Waals surface area contributed by atoms with E-state index in [-0.39, 0.29) is 11.8 Å². The van der Waals surface area contributed by atoms with Crippen molar-refractivity contribution in [2.75, 3.05) is 13.1 Å². The monoisotopic (exact) mass is 394 g/mol. The summed E-state index contributed by atoms with van der Waals surface area (Å²) in [6.45, 7) is 3.36. The molecule has 0 bridgehead atoms. The van der Waals surface area contributed by atoms with E-state index >= 15 is 0 Å². The Morgan fingerprint density at radius 3 is 2.82 bits per heavy atom. The molecule has 1 amide bonds. The van der Waals surface area contributed by atoms with Crippen molar-refractivity contribution in [2.45, 2.75) is 32.1 Å². The van der Waals surface area contributed by atoms with Crippen LogP contribution < -0.4 is 0 Å². The number of rotatable bonds is 4. The Balaban J connectivity index is 1.48. The van der Waals surface area contributed by atoms with Gasteiger partial charge in [-0.2, -0.15) is 5.10 Å². The Hall–Kier alpha value is -2.66. The molecular weight excluding hydrogens is 372 g/mol. The number of aromatic amines is 1. The van der Waals surface area contributed by atoms with Crippen molar-refractivity contribution in [3.05, 3.63) is 81.9 Å². The van der Waals surface area contributed by atoms with E-state index in [0.717, 1.165) is 47.9 Å². The lowest BCUT2D eigenvalue weighted by Gasteiger charge is -2.32. The van der Waals surface area contributed by atoms with Crippen molar-refractivity contribution >= 4 is 17.5 Å². The molecule has 0 spiro atoms. The van der Waals surface area contributed by atoms with Crippen molar-refractivity contribution in [1.29, 1.82) is 0 Å². The first-order valence-electron chi connectivity index (χ1n) is 9.59. The van der Waals surface area contributed by atoms with Crippen LogP contribution in [0.1, 0.15) is 51.8 Å². The van der Waals surface area contributed by atoms with Gasteiger partial charge in [0.2, 0.25) is 0 Å². The van der Waals surface area contributed by atoms with Gasteiger partial charge in [-0.15, -0.1) is 0 Å². The second-order valence-electron chi connectivity index (χ2n) is 7.36. The predicted octanol–water partition coefficient (Wildman–Crippen LogP) is 4.38. The molecule has 3 heterocycles. The molecule has 0 radical (unpaired) electrons. The van der Waals surface area contributed by atoms with Crippen LogP contribution in [0.4, 0.5) is 0 Å². The number of halogens is 1. The van der Waals surface area contributed by atoms with Crippen molar-refractivity contribution in [3.8, 4) is 0 Å². The van der Waals surface area contributed by atoms with Gasteiger partial charge >= 0.3 is 0 Å². The number of nitrogens with one attached hydrogen (secondary N) is 1. The molecule has 3 aromatic rings. The average molecular weight is 395 g/mol. The molecular formula is C22H23ClN4O. The van der Waals surface area contributed by atoms with Crippen LogP contribution in [-0.2, 0) is 6.42 Å². The van der Waals surface area contributed by atoms with Gasteiger partial charge < -0.3 is 4.90 Å². The number of carbonyl (C=O) groups excluding carboxylic acids is 1. The summed E-state index contributed by atoms with van der Waals surface area (Å²) in [6, 6.07) is 14.1. The number of aromatic nitrogens is 3. The number of aryl methyl sites for hydroxylation is 1. The summed E-state index contributed by atoms with van der Waals surface area (Å²) in [5.74, 6) is 0.309. The molecule has 1 N–H and O–H groups in total. The lowest BCUT2D eigenvalue weighted by atomic mass is 9.93. The molecule has 4 rings (SSSR count). The van der Waals surface area contributed by atoms with Crippen LogP contribution in [0.2, 0.25) is 5.02 Å². The maximum absolute atomic E-state index is 12.8. The highest BCUT2D eigenvalue weighted by molar-refractivity contribution is 6.30. The van der Waals surface area contributed by atoms with Crippen molar-refractivity contribution in [2.24, 2.45) is 0 Å². The SMILES string of the molecule is Cc1[nH]ncc1C(=O)N1CCC[C@H](c2cccc(Cc3ccc(Cl)cc3)n2)C1. The van der Waals surface area contributed by atoms with E-state index in [2.05, 4.69) is 28.4 Å². The highest BCUT2D eigenvalue weighted by Crippen LogP contribution is 2.27. The highest BCUT2D eigenvalue weighted by atomic mass is 35.5. The van der Waals surface area contributed by atoms with Gasteiger partial charge in [0.25, 0.3) is 5.91 Å². The zero-order chi connectivity index (χ0) is 19.5. The van der Waals surface area contributed by atoms with Gasteiger partial charge in [0.05, 0.1) is 11.8 Å². The third-order valence-electron chi connectivity index (χ3n) is 5.31. The van der Waals surface area contributed by atoms with Gasteiger partial charge in [-0.25, -0.2) is 0 Å². The minimum Gasteiger partial charge on any atom is -0.338 e. The summed E-state index contributed by atoms with van der Waals surface area (Å²) in [4.78, 5) is 19.7. The molecule has 1 aromatic carbocycles. The van der Waals surface area contributed by atoms with E-state index < -0.39 is 0 Å². The van der Waals surface area contributed by atoms with E-state index in [1.165, 1.54) is 5.56 Å². The molecule has 0 aliphatic carbocycles. The van der Waals surface area contributed by atoms with Gasteiger partial charge in [0.15, 0.2) is 0 Å². The molecule has 5 nitrogen and oxygen atoms in total. The molecule has 2 aromatic heterocycles. The van der Waals surface area contributed by atoms with E-state index in [1.807, 2.05) is 36.1 Å². The van der Waals surface area contributed by atoms with Gasteiger partial charge in [-0.3, -0.25) is 14.9 Å². The standard InChI is InChI=1S/C22H23ClN4O/c1-15-20(13-24-26-15)22(28)27-11-3-4-17(14-27)21-6-2-5-19(25-21)12-16-7-9-18(23)10-8-16/h2,5-10,13,17H,3-4,11-12,14H2,1H3,(H,24,26)/t17-/m0/s1. The van der Waals surface area contributed by atoms with Crippen LogP contribution >= 0.6 is 11.6 Å². The van der Waals surface area contributed by atoms with Crippen LogP contribution in [0.5, 0.6) is 0 Å². The third kappa shape index (κ3) is 4.09. The molecule has 0 unspecified atom stereocenters. The normalized spacial score (nSPS) is 16.9. The Labute approximate surface area is 169 Å². The van der Waals surface area contributed by atoms with Crippen molar-refractivity contribution < 1.29 is 4.79 Å². The van der Waals surface area contributed by atoms with Crippen molar-refractivity contribution in [3.63, 3.8) is 0 Å². The molecule has 144 valence electrons. The molecule has 28 heavy (non-hydrogen) atoms. The van der Waals surface area contributed by atoms with Crippen LogP contribution in [-0.4, -0.2) is 39.1 Å². The summed E-state index contributed by atoms with van der Waals surface area (Å²) in [7, 11) is 0. The number of carbonyl (C=O) groups is 1. The minimum atomic E-state index is 0.0493. The number of hydrogen-bond acceptors (Lipinski definition) is 3. The Bertz CT molecular complexity index is 967. The number of pyridine rings is 1. The van der Waals surface area contributed by atoms with Crippen LogP contribution in [0.3, 0.4) is 0 Å². The third-order valence-corrected chi connectivity index (χ3v) is 5.57. The van der Waals surface area contributed by atoms with E-state index in [1.54, 1.807) is 6.20 Å². The number of nitrogens with zero attached hydrogens (tertiary/aromatic N) is 3. The number of likely N-dealkylation sites (tertiary alicyclic amines) is 1. The number of amides is 1. The lowest BCUT2D eigenvalue weighted by Crippen LogP contribution is -2.39. The second-order valence-corrected chi connectivity index (χ2v) is 7.79. The Morgan fingerprint density at radius 1 is 1.25 bits per heavy atom. The molecule has 0 saturated carbocycles. The molecule has 1 saturated heterocycles. The molecule has 6 heteroatoms. The van der Waals surface area contributed by atoms with E-state index in [4.69, 9.17) is 16.6 Å². The number of H-pyrrole nitrogens is 1. The summed E-state index contributed by atoms with van der Waals surface area (Å²) < 4.78 is 0. The summed E-state index contributed by atoms with van der Waals surface area (Å²) >= 11 is 5.97. The first-order chi connectivity index (χ1) is 13.6. The van der Waals surface area contributed by atoms with Gasteiger partial charge in [0, 0.05) is 47.5 Å². The fraction of sp³-hybridized carbons (Fsp3) is 0.318. The number of piperidine rings is 1. The van der Waals surface area contributed by atoms with Crippen LogP contribution in [0.15, 0.2) is 48.7 Å². The molecule has 1 atom stereocenters. The maximum atomic E-state index is 12.8. The topological polar surface area (TPSA) is 61.9 Å². The second kappa shape index (κ2) is 8.15. The van der Waals surface area contributed by atoms with Crippen molar-refractivity contribution in [1.82, 2.24) is 20.1 Å². The van der Waals surface area contributed by atoms with Gasteiger partial charge in [0.1, 0.15) is 0 Å². The summed E-state index contributed by atoms with van der Waals surface area (Å²) in [5, 5.41) is 7.57. The van der Waals surface area contributed by atoms with Crippen LogP contribution in [0, 0.1) is 6.92 Å². The lowest BCUT2D eigenvalue weighted by molar-refractivity contribution is 0.0705. The number of benzene rings is 1. The average Bonchev–Trinajstić information content (AvgIpc) is 3.15. The molecule has 1 fully saturated rings. The fourth-order valence-corrected chi connectivity index (χ4v) is 3.90. The summed E-state index contributed by atoms with van der Waals surface area (Å²) in [5.41, 5.74) is 4.76. The zero-order valence-electron chi connectivity index (χ0n) is 15.9. The first kappa shape index (κ1) is 18.7. The Morgan fingerprint density at radius 2 is 2.07 bits per heavy atom. The minimum absolute atomic E-state index is 0.0493. The van der Waals surface area contributed by atoms with E-state index in [9.17, 15) is 4.79 Å².